The van der Waals surface area contributed by atoms with Gasteiger partial charge in [0, 0.05) is 17.5 Å². The largest absolute Gasteiger partial charge is 0.301 e. The molecule has 0 aromatic carbocycles. The minimum atomic E-state index is -0.0329. The fourth-order valence-electron chi connectivity index (χ4n) is 2.81. The number of aryl methyl sites for hydroxylation is 1. The van der Waals surface area contributed by atoms with Gasteiger partial charge >= 0.3 is 0 Å². The highest BCUT2D eigenvalue weighted by Gasteiger charge is 2.30. The number of hydrogen-bond acceptors (Lipinski definition) is 4. The molecule has 112 valence electrons. The zero-order valence-corrected chi connectivity index (χ0v) is 13.9. The lowest BCUT2D eigenvalue weighted by molar-refractivity contribution is 0.258. The second-order valence-electron chi connectivity index (χ2n) is 5.80. The maximum atomic E-state index is 11.7. The molecule has 0 unspecified atom stereocenters. The van der Waals surface area contributed by atoms with E-state index in [1.54, 1.807) is 17.8 Å². The summed E-state index contributed by atoms with van der Waals surface area (Å²) in [6, 6.07) is 1.61. The Balaban J connectivity index is 2.03. The Morgan fingerprint density at radius 3 is 2.80 bits per heavy atom. The van der Waals surface area contributed by atoms with Gasteiger partial charge < -0.3 is 4.98 Å². The molecule has 0 amide bonds. The Bertz CT molecular complexity index is 481. The summed E-state index contributed by atoms with van der Waals surface area (Å²) in [7, 11) is 0. The van der Waals surface area contributed by atoms with E-state index < -0.39 is 0 Å². The smallest absolute Gasteiger partial charge is 0.251 e. The molecule has 1 fully saturated rings. The molecular weight excluding hydrogens is 288 g/mol. The van der Waals surface area contributed by atoms with Crippen LogP contribution in [0, 0.1) is 5.41 Å². The van der Waals surface area contributed by atoms with Crippen LogP contribution in [-0.4, -0.2) is 21.5 Å². The molecule has 0 saturated heterocycles. The highest BCUT2D eigenvalue weighted by molar-refractivity contribution is 7.99. The first-order valence-corrected chi connectivity index (χ1v) is 9.13. The van der Waals surface area contributed by atoms with Crippen molar-refractivity contribution in [2.45, 2.75) is 57.0 Å². The lowest BCUT2D eigenvalue weighted by atomic mass is 9.77. The molecule has 1 N–H and O–H groups in total. The van der Waals surface area contributed by atoms with Gasteiger partial charge in [0.15, 0.2) is 5.16 Å². The average Bonchev–Trinajstić information content (AvgIpc) is 2.46. The molecule has 5 heteroatoms. The molecule has 0 aliphatic heterocycles. The third kappa shape index (κ3) is 4.29. The van der Waals surface area contributed by atoms with E-state index in [9.17, 15) is 4.79 Å². The van der Waals surface area contributed by atoms with Crippen LogP contribution in [0.1, 0.15) is 51.1 Å². The Kier molecular flexibility index (Phi) is 6.02. The normalized spacial score (nSPS) is 18.1. The van der Waals surface area contributed by atoms with Crippen LogP contribution in [0.2, 0.25) is 0 Å². The minimum absolute atomic E-state index is 0.0329. The van der Waals surface area contributed by atoms with Gasteiger partial charge in [-0.2, -0.15) is 12.6 Å². The lowest BCUT2D eigenvalue weighted by Gasteiger charge is -2.35. The monoisotopic (exact) mass is 312 g/mol. The van der Waals surface area contributed by atoms with Crippen LogP contribution >= 0.6 is 24.4 Å². The van der Waals surface area contributed by atoms with Crippen molar-refractivity contribution in [1.82, 2.24) is 9.97 Å². The fourth-order valence-corrected chi connectivity index (χ4v) is 4.57. The van der Waals surface area contributed by atoms with Crippen LogP contribution in [-0.2, 0) is 6.42 Å². The zero-order chi connectivity index (χ0) is 14.4. The van der Waals surface area contributed by atoms with E-state index in [1.807, 2.05) is 0 Å². The fraction of sp³-hybridized carbons (Fsp3) is 0.733. The van der Waals surface area contributed by atoms with E-state index in [0.717, 1.165) is 35.2 Å². The number of thioether (sulfide) groups is 1. The maximum absolute atomic E-state index is 11.7. The van der Waals surface area contributed by atoms with Crippen LogP contribution in [0.4, 0.5) is 0 Å². The minimum Gasteiger partial charge on any atom is -0.301 e. The summed E-state index contributed by atoms with van der Waals surface area (Å²) < 4.78 is 0. The molecule has 1 aliphatic rings. The van der Waals surface area contributed by atoms with Crippen molar-refractivity contribution < 1.29 is 0 Å². The van der Waals surface area contributed by atoms with Gasteiger partial charge in [0.05, 0.1) is 0 Å². The summed E-state index contributed by atoms with van der Waals surface area (Å²) in [6.07, 6.45) is 8.35. The van der Waals surface area contributed by atoms with E-state index in [-0.39, 0.29) is 5.56 Å². The van der Waals surface area contributed by atoms with Crippen LogP contribution in [0.25, 0.3) is 0 Å². The van der Waals surface area contributed by atoms with Gasteiger partial charge in [-0.15, -0.1) is 0 Å². The predicted molar refractivity (Wildman–Crippen MR) is 88.9 cm³/mol. The van der Waals surface area contributed by atoms with Crippen LogP contribution in [0.5, 0.6) is 0 Å². The van der Waals surface area contributed by atoms with Gasteiger partial charge in [-0.05, 0) is 30.4 Å². The first-order chi connectivity index (χ1) is 9.67. The van der Waals surface area contributed by atoms with Crippen molar-refractivity contribution >= 4 is 24.4 Å². The van der Waals surface area contributed by atoms with Crippen LogP contribution in [0.3, 0.4) is 0 Å². The number of hydrogen-bond donors (Lipinski definition) is 2. The third-order valence-corrected chi connectivity index (χ3v) is 5.94. The number of nitrogens with zero attached hydrogens (tertiary/aromatic N) is 1. The summed E-state index contributed by atoms with van der Waals surface area (Å²) in [4.78, 5) is 19.1. The molecule has 3 nitrogen and oxygen atoms in total. The lowest BCUT2D eigenvalue weighted by Crippen LogP contribution is -2.29. The molecule has 1 saturated carbocycles. The summed E-state index contributed by atoms with van der Waals surface area (Å²) >= 11 is 6.25. The van der Waals surface area contributed by atoms with Gasteiger partial charge in [-0.3, -0.25) is 4.79 Å². The average molecular weight is 313 g/mol. The molecule has 1 aromatic rings. The van der Waals surface area contributed by atoms with E-state index >= 15 is 0 Å². The standard InChI is InChI=1S/C15H24N2OS2/c1-2-6-12-9-13(18)17-14(16-12)20-11-15(10-19)7-4-3-5-8-15/h9,19H,2-8,10-11H2,1H3,(H,16,17,18). The molecule has 1 aromatic heterocycles. The van der Waals surface area contributed by atoms with E-state index in [2.05, 4.69) is 29.5 Å². The Morgan fingerprint density at radius 1 is 1.40 bits per heavy atom. The number of H-pyrrole nitrogens is 1. The summed E-state index contributed by atoms with van der Waals surface area (Å²) in [5.74, 6) is 1.94. The van der Waals surface area contributed by atoms with E-state index in [1.165, 1.54) is 32.1 Å². The highest BCUT2D eigenvalue weighted by atomic mass is 32.2. The first kappa shape index (κ1) is 16.0. The highest BCUT2D eigenvalue weighted by Crippen LogP contribution is 2.40. The molecule has 0 spiro atoms. The molecule has 0 radical (unpaired) electrons. The summed E-state index contributed by atoms with van der Waals surface area (Å²) in [6.45, 7) is 2.10. The zero-order valence-electron chi connectivity index (χ0n) is 12.2. The van der Waals surface area contributed by atoms with Crippen molar-refractivity contribution in [3.05, 3.63) is 22.1 Å². The van der Waals surface area contributed by atoms with Gasteiger partial charge in [-0.1, -0.05) is 44.4 Å². The van der Waals surface area contributed by atoms with Crippen molar-refractivity contribution in [1.29, 1.82) is 0 Å². The number of thiol groups is 1. The van der Waals surface area contributed by atoms with Crippen LogP contribution in [0.15, 0.2) is 16.0 Å². The Labute approximate surface area is 130 Å². The molecular formula is C15H24N2OS2. The van der Waals surface area contributed by atoms with Gasteiger partial charge in [0.1, 0.15) is 0 Å². The van der Waals surface area contributed by atoms with E-state index in [4.69, 9.17) is 0 Å². The topological polar surface area (TPSA) is 45.8 Å². The Morgan fingerprint density at radius 2 is 2.15 bits per heavy atom. The van der Waals surface area contributed by atoms with Crippen molar-refractivity contribution in [3.8, 4) is 0 Å². The molecule has 1 aliphatic carbocycles. The summed E-state index contributed by atoms with van der Waals surface area (Å²) in [5.41, 5.74) is 1.20. The molecule has 20 heavy (non-hydrogen) atoms. The SMILES string of the molecule is CCCc1cc(=O)[nH]c(SCC2(CS)CCCCC2)n1. The quantitative estimate of drug-likeness (QED) is 0.478. The maximum Gasteiger partial charge on any atom is 0.251 e. The number of aromatic nitrogens is 2. The third-order valence-electron chi connectivity index (χ3n) is 4.04. The molecule has 0 bridgehead atoms. The van der Waals surface area contributed by atoms with Gasteiger partial charge in [0.25, 0.3) is 5.56 Å². The molecule has 2 rings (SSSR count). The first-order valence-electron chi connectivity index (χ1n) is 7.51. The van der Waals surface area contributed by atoms with Gasteiger partial charge in [0.2, 0.25) is 0 Å². The van der Waals surface area contributed by atoms with Crippen molar-refractivity contribution in [2.24, 2.45) is 5.41 Å². The molecule has 0 atom stereocenters. The molecule has 1 heterocycles. The predicted octanol–water partition coefficient (Wildman–Crippen LogP) is 3.69. The van der Waals surface area contributed by atoms with Crippen LogP contribution < -0.4 is 5.56 Å². The number of aromatic amines is 1. The van der Waals surface area contributed by atoms with Crippen molar-refractivity contribution in [3.63, 3.8) is 0 Å². The second-order valence-corrected chi connectivity index (χ2v) is 7.08. The Hall–Kier alpha value is -0.420. The second kappa shape index (κ2) is 7.55. The van der Waals surface area contributed by atoms with E-state index in [0.29, 0.717) is 5.41 Å². The van der Waals surface area contributed by atoms with Crippen molar-refractivity contribution in [2.75, 3.05) is 11.5 Å². The number of nitrogens with one attached hydrogen (secondary N) is 1. The van der Waals surface area contributed by atoms with Gasteiger partial charge in [-0.25, -0.2) is 4.98 Å². The number of rotatable bonds is 6. The summed E-state index contributed by atoms with van der Waals surface area (Å²) in [5, 5.41) is 0.771.